The Morgan fingerprint density at radius 3 is 2.45 bits per heavy atom. The van der Waals surface area contributed by atoms with Crippen molar-refractivity contribution in [2.75, 3.05) is 7.11 Å². The van der Waals surface area contributed by atoms with Gasteiger partial charge in [-0.2, -0.15) is 0 Å². The second-order valence-electron chi connectivity index (χ2n) is 3.98. The third-order valence-electron chi connectivity index (χ3n) is 2.78. The summed E-state index contributed by atoms with van der Waals surface area (Å²) in [5.74, 6) is -0.293. The number of methoxy groups -OCH3 is 1. The zero-order valence-corrected chi connectivity index (χ0v) is 10.7. The van der Waals surface area contributed by atoms with Gasteiger partial charge in [0.1, 0.15) is 18.2 Å². The Kier molecular flexibility index (Phi) is 4.30. The molecule has 0 aliphatic heterocycles. The van der Waals surface area contributed by atoms with Crippen LogP contribution in [-0.4, -0.2) is 13.3 Å². The zero-order valence-electron chi connectivity index (χ0n) is 10.7. The fraction of sp³-hybridized carbons (Fsp3) is 0.133. The second-order valence-corrected chi connectivity index (χ2v) is 3.98. The minimum absolute atomic E-state index is 0.0844. The number of ether oxygens (including phenoxy) is 2. The maximum absolute atomic E-state index is 13.3. The average molecular weight is 278 g/mol. The molecule has 104 valence electrons. The smallest absolute Gasteiger partial charge is 0.437 e. The topological polar surface area (TPSA) is 35.5 Å². The summed E-state index contributed by atoms with van der Waals surface area (Å²) in [4.78, 5) is 11.1. The van der Waals surface area contributed by atoms with E-state index in [-0.39, 0.29) is 17.1 Å². The van der Waals surface area contributed by atoms with Gasteiger partial charge in [-0.05, 0) is 29.3 Å². The molecule has 0 aliphatic rings. The van der Waals surface area contributed by atoms with Crippen LogP contribution in [0.2, 0.25) is 0 Å². The van der Waals surface area contributed by atoms with Crippen LogP contribution in [0.15, 0.2) is 42.5 Å². The molecule has 0 atom stereocenters. The van der Waals surface area contributed by atoms with Gasteiger partial charge < -0.3 is 9.47 Å². The lowest BCUT2D eigenvalue weighted by Crippen LogP contribution is -2.09. The van der Waals surface area contributed by atoms with Crippen molar-refractivity contribution in [2.45, 2.75) is 6.67 Å². The summed E-state index contributed by atoms with van der Waals surface area (Å²) < 4.78 is 35.5. The zero-order chi connectivity index (χ0) is 14.5. The number of benzene rings is 2. The van der Waals surface area contributed by atoms with Crippen molar-refractivity contribution in [3.63, 3.8) is 0 Å². The van der Waals surface area contributed by atoms with Crippen molar-refractivity contribution in [2.24, 2.45) is 0 Å². The number of rotatable bonds is 3. The Morgan fingerprint density at radius 1 is 1.15 bits per heavy atom. The SMILES string of the molecule is COC(=O)Oc1cccc(-c2ccc(F)cc2)c1CF. The highest BCUT2D eigenvalue weighted by molar-refractivity contribution is 5.72. The molecule has 0 aromatic heterocycles. The fourth-order valence-corrected chi connectivity index (χ4v) is 1.83. The molecule has 0 fully saturated rings. The molecular weight excluding hydrogens is 266 g/mol. The lowest BCUT2D eigenvalue weighted by molar-refractivity contribution is 0.121. The molecule has 0 N–H and O–H groups in total. The van der Waals surface area contributed by atoms with Crippen molar-refractivity contribution < 1.29 is 23.0 Å². The summed E-state index contributed by atoms with van der Waals surface area (Å²) >= 11 is 0. The predicted octanol–water partition coefficient (Wildman–Crippen LogP) is 4.11. The fourth-order valence-electron chi connectivity index (χ4n) is 1.83. The van der Waals surface area contributed by atoms with Crippen molar-refractivity contribution in [1.82, 2.24) is 0 Å². The summed E-state index contributed by atoms with van der Waals surface area (Å²) in [6.45, 7) is -0.820. The number of alkyl halides is 1. The lowest BCUT2D eigenvalue weighted by Gasteiger charge is -2.12. The van der Waals surface area contributed by atoms with Gasteiger partial charge in [-0.3, -0.25) is 0 Å². The van der Waals surface area contributed by atoms with Crippen molar-refractivity contribution >= 4 is 6.16 Å². The minimum Gasteiger partial charge on any atom is -0.437 e. The summed E-state index contributed by atoms with van der Waals surface area (Å²) in [6.07, 6.45) is -0.920. The van der Waals surface area contributed by atoms with E-state index >= 15 is 0 Å². The number of carbonyl (C=O) groups excluding carboxylic acids is 1. The molecule has 0 spiro atoms. The average Bonchev–Trinajstić information content (AvgIpc) is 2.47. The Labute approximate surface area is 114 Å². The quantitative estimate of drug-likeness (QED) is 0.626. The Morgan fingerprint density at radius 2 is 1.85 bits per heavy atom. The third-order valence-corrected chi connectivity index (χ3v) is 2.78. The first kappa shape index (κ1) is 14.0. The molecule has 0 saturated heterocycles. The molecule has 0 amide bonds. The Hall–Kier alpha value is -2.43. The first-order chi connectivity index (χ1) is 9.65. The predicted molar refractivity (Wildman–Crippen MR) is 69.7 cm³/mol. The molecule has 0 aliphatic carbocycles. The molecule has 2 rings (SSSR count). The van der Waals surface area contributed by atoms with Gasteiger partial charge >= 0.3 is 6.16 Å². The highest BCUT2D eigenvalue weighted by Crippen LogP contribution is 2.31. The summed E-state index contributed by atoms with van der Waals surface area (Å²) in [5.41, 5.74) is 1.38. The molecule has 0 saturated carbocycles. The van der Waals surface area contributed by atoms with E-state index < -0.39 is 12.8 Å². The van der Waals surface area contributed by atoms with Gasteiger partial charge in [0.25, 0.3) is 0 Å². The van der Waals surface area contributed by atoms with Gasteiger partial charge in [-0.1, -0.05) is 24.3 Å². The molecular formula is C15H12F2O3. The first-order valence-corrected chi connectivity index (χ1v) is 5.85. The maximum atomic E-state index is 13.3. The van der Waals surface area contributed by atoms with E-state index in [2.05, 4.69) is 4.74 Å². The van der Waals surface area contributed by atoms with Crippen molar-refractivity contribution in [3.8, 4) is 16.9 Å². The number of halogens is 2. The molecule has 0 unspecified atom stereocenters. The van der Waals surface area contributed by atoms with E-state index in [1.165, 1.54) is 37.4 Å². The highest BCUT2D eigenvalue weighted by Gasteiger charge is 2.14. The van der Waals surface area contributed by atoms with Gasteiger partial charge in [0, 0.05) is 5.56 Å². The van der Waals surface area contributed by atoms with Crippen LogP contribution in [0, 0.1) is 5.82 Å². The molecule has 2 aromatic carbocycles. The number of hydrogen-bond donors (Lipinski definition) is 0. The van der Waals surface area contributed by atoms with Gasteiger partial charge in [-0.25, -0.2) is 13.6 Å². The van der Waals surface area contributed by atoms with Gasteiger partial charge in [0.05, 0.1) is 7.11 Å². The van der Waals surface area contributed by atoms with E-state index in [1.807, 2.05) is 0 Å². The summed E-state index contributed by atoms with van der Waals surface area (Å²) in [6, 6.07) is 10.4. The van der Waals surface area contributed by atoms with E-state index in [1.54, 1.807) is 12.1 Å². The molecule has 0 heterocycles. The third kappa shape index (κ3) is 2.93. The summed E-state index contributed by atoms with van der Waals surface area (Å²) in [5, 5.41) is 0. The Bertz CT molecular complexity index is 609. The number of hydrogen-bond acceptors (Lipinski definition) is 3. The summed E-state index contributed by atoms with van der Waals surface area (Å²) in [7, 11) is 1.17. The van der Waals surface area contributed by atoms with E-state index in [0.29, 0.717) is 11.1 Å². The minimum atomic E-state index is -0.920. The van der Waals surface area contributed by atoms with Crippen LogP contribution < -0.4 is 4.74 Å². The molecule has 0 radical (unpaired) electrons. The standard InChI is InChI=1S/C15H12F2O3/c1-19-15(18)20-14-4-2-3-12(13(14)9-16)10-5-7-11(17)8-6-10/h2-8H,9H2,1H3. The molecule has 5 heteroatoms. The van der Waals surface area contributed by atoms with Crippen LogP contribution in [0.1, 0.15) is 5.56 Å². The van der Waals surface area contributed by atoms with Crippen LogP contribution in [0.5, 0.6) is 5.75 Å². The van der Waals surface area contributed by atoms with Gasteiger partial charge in [0.15, 0.2) is 0 Å². The second kappa shape index (κ2) is 6.14. The van der Waals surface area contributed by atoms with Crippen LogP contribution in [0.3, 0.4) is 0 Å². The largest absolute Gasteiger partial charge is 0.513 e. The lowest BCUT2D eigenvalue weighted by atomic mass is 9.99. The molecule has 3 nitrogen and oxygen atoms in total. The van der Waals surface area contributed by atoms with E-state index in [4.69, 9.17) is 4.74 Å². The van der Waals surface area contributed by atoms with Crippen LogP contribution in [0.25, 0.3) is 11.1 Å². The van der Waals surface area contributed by atoms with Crippen LogP contribution in [-0.2, 0) is 11.4 Å². The Balaban J connectivity index is 2.45. The number of carbonyl (C=O) groups is 1. The van der Waals surface area contributed by atoms with E-state index in [0.717, 1.165) is 0 Å². The normalized spacial score (nSPS) is 10.2. The van der Waals surface area contributed by atoms with Gasteiger partial charge in [0.2, 0.25) is 0 Å². The highest BCUT2D eigenvalue weighted by atomic mass is 19.1. The van der Waals surface area contributed by atoms with Crippen LogP contribution >= 0.6 is 0 Å². The molecule has 20 heavy (non-hydrogen) atoms. The van der Waals surface area contributed by atoms with Gasteiger partial charge in [-0.15, -0.1) is 0 Å². The first-order valence-electron chi connectivity index (χ1n) is 5.85. The van der Waals surface area contributed by atoms with Crippen LogP contribution in [0.4, 0.5) is 13.6 Å². The van der Waals surface area contributed by atoms with Crippen molar-refractivity contribution in [3.05, 3.63) is 53.8 Å². The maximum Gasteiger partial charge on any atom is 0.513 e. The molecule has 2 aromatic rings. The van der Waals surface area contributed by atoms with E-state index in [9.17, 15) is 13.6 Å². The molecule has 0 bridgehead atoms. The van der Waals surface area contributed by atoms with Crippen molar-refractivity contribution in [1.29, 1.82) is 0 Å². The monoisotopic (exact) mass is 278 g/mol.